The quantitative estimate of drug-likeness (QED) is 0.237. The number of carboxylic acid groups (broad SMARTS) is 3. The number of rotatable bonds is 15. The zero-order valence-electron chi connectivity index (χ0n) is 34.9. The van der Waals surface area contributed by atoms with Crippen molar-refractivity contribution < 1.29 is 43.4 Å². The zero-order chi connectivity index (χ0) is 43.4. The molecular weight excluding hydrogens is 727 g/mol. The van der Waals surface area contributed by atoms with E-state index < -0.39 is 34.6 Å². The maximum absolute atomic E-state index is 10.5. The number of benzene rings is 1. The fourth-order valence-electron chi connectivity index (χ4n) is 5.86. The SMILES string of the molecule is CCC1=NC(C)(CC)C=[N+]1CCC#N.CCC1=NC(C)(CC)C=[N+]1CCC#N.CCC1=NC(C)(CC)C=[N+]1CCC#N.O=C([O-])c1ccc(C(=O)[O-])c(C(=O)[O-])c1. The highest BCUT2D eigenvalue weighted by Crippen LogP contribution is 2.21. The number of hydrogen-bond acceptors (Lipinski definition) is 12. The van der Waals surface area contributed by atoms with Crippen LogP contribution < -0.4 is 15.3 Å². The van der Waals surface area contributed by atoms with Crippen molar-refractivity contribution in [3.8, 4) is 18.2 Å². The number of carbonyl (C=O) groups is 3. The molecule has 57 heavy (non-hydrogen) atoms. The van der Waals surface area contributed by atoms with Crippen molar-refractivity contribution in [3.63, 3.8) is 0 Å². The minimum Gasteiger partial charge on any atom is -0.545 e. The maximum Gasteiger partial charge on any atom is 0.293 e. The molecule has 0 bridgehead atoms. The van der Waals surface area contributed by atoms with Crippen LogP contribution in [0.1, 0.15) is 151 Å². The fraction of sp³-hybridized carbons (Fsp3) is 0.571. The van der Waals surface area contributed by atoms with Crippen LogP contribution in [0.25, 0.3) is 0 Å². The molecule has 3 unspecified atom stereocenters. The summed E-state index contributed by atoms with van der Waals surface area (Å²) in [5, 5.41) is 56.9. The van der Waals surface area contributed by atoms with E-state index in [1.54, 1.807) is 0 Å². The van der Waals surface area contributed by atoms with Gasteiger partial charge >= 0.3 is 0 Å². The van der Waals surface area contributed by atoms with Gasteiger partial charge in [0.2, 0.25) is 16.6 Å². The topological polar surface area (TPSA) is 238 Å². The molecule has 0 saturated carbocycles. The van der Waals surface area contributed by atoms with Crippen LogP contribution >= 0.6 is 0 Å². The zero-order valence-corrected chi connectivity index (χ0v) is 34.9. The molecule has 3 aliphatic rings. The summed E-state index contributed by atoms with van der Waals surface area (Å²) in [6.45, 7) is 21.5. The second kappa shape index (κ2) is 23.2. The smallest absolute Gasteiger partial charge is 0.293 e. The number of aliphatic imine (C=N–C) groups is 3. The summed E-state index contributed by atoms with van der Waals surface area (Å²) < 4.78 is 6.40. The molecule has 1 aromatic rings. The Labute approximate surface area is 337 Å². The first-order valence-corrected chi connectivity index (χ1v) is 19.4. The Hall–Kier alpha value is -5.88. The Morgan fingerprint density at radius 1 is 0.561 bits per heavy atom. The van der Waals surface area contributed by atoms with Gasteiger partial charge < -0.3 is 29.7 Å². The van der Waals surface area contributed by atoms with E-state index in [4.69, 9.17) is 15.8 Å². The minimum atomic E-state index is -1.79. The number of aromatic carboxylic acids is 3. The molecule has 0 aromatic heterocycles. The van der Waals surface area contributed by atoms with Gasteiger partial charge in [0.1, 0.15) is 38.3 Å². The van der Waals surface area contributed by atoms with Gasteiger partial charge in [0.05, 0.1) is 74.6 Å². The highest BCUT2D eigenvalue weighted by atomic mass is 16.4. The normalized spacial score (nSPS) is 21.4. The van der Waals surface area contributed by atoms with Crippen molar-refractivity contribution in [2.24, 2.45) is 15.0 Å². The summed E-state index contributed by atoms with van der Waals surface area (Å²) in [7, 11) is 0. The number of carbonyl (C=O) groups excluding carboxylic acids is 3. The molecule has 0 radical (unpaired) electrons. The molecule has 0 N–H and O–H groups in total. The van der Waals surface area contributed by atoms with Crippen LogP contribution in [-0.2, 0) is 0 Å². The van der Waals surface area contributed by atoms with Gasteiger partial charge in [-0.2, -0.15) is 15.8 Å². The van der Waals surface area contributed by atoms with Crippen LogP contribution in [-0.4, -0.2) is 104 Å². The Balaban J connectivity index is 0.000000380. The van der Waals surface area contributed by atoms with Crippen molar-refractivity contribution in [2.75, 3.05) is 19.6 Å². The molecule has 0 saturated heterocycles. The summed E-state index contributed by atoms with van der Waals surface area (Å²) in [6, 6.07) is 8.87. The van der Waals surface area contributed by atoms with Gasteiger partial charge in [-0.3, -0.25) is 0 Å². The van der Waals surface area contributed by atoms with Gasteiger partial charge in [-0.25, -0.2) is 13.7 Å². The van der Waals surface area contributed by atoms with Crippen LogP contribution in [0, 0.1) is 34.0 Å². The van der Waals surface area contributed by atoms with E-state index in [9.17, 15) is 29.7 Å². The van der Waals surface area contributed by atoms with E-state index in [0.717, 1.165) is 87.8 Å². The average molecular weight is 784 g/mol. The number of nitrogens with zero attached hydrogens (tertiary/aromatic N) is 9. The van der Waals surface area contributed by atoms with Crippen LogP contribution in [0.4, 0.5) is 0 Å². The lowest BCUT2D eigenvalue weighted by Gasteiger charge is -2.13. The number of carboxylic acids is 3. The predicted molar refractivity (Wildman–Crippen MR) is 213 cm³/mol. The van der Waals surface area contributed by atoms with E-state index in [-0.39, 0.29) is 16.6 Å². The Morgan fingerprint density at radius 2 is 0.877 bits per heavy atom. The van der Waals surface area contributed by atoms with Crippen molar-refractivity contribution in [1.82, 2.24) is 0 Å². The van der Waals surface area contributed by atoms with E-state index >= 15 is 0 Å². The standard InChI is InChI=1S/3C11H18N3.C9H6O6/c3*1-4-10-13-11(3,5-2)9-14(10)8-6-7-12;10-7(11)4-1-2-5(8(12)13)6(3-4)9(14)15/h3*9H,4-6,8H2,1-3H3;1-3H,(H,10,11)(H,12,13)(H,14,15)/q3*+1;/p-3. The van der Waals surface area contributed by atoms with Crippen molar-refractivity contribution >= 4 is 54.1 Å². The highest BCUT2D eigenvalue weighted by Gasteiger charge is 2.38. The lowest BCUT2D eigenvalue weighted by atomic mass is 10.0. The fourth-order valence-corrected chi connectivity index (χ4v) is 5.86. The van der Waals surface area contributed by atoms with E-state index in [1.165, 1.54) is 0 Å². The van der Waals surface area contributed by atoms with Gasteiger partial charge in [-0.15, -0.1) is 0 Å². The van der Waals surface area contributed by atoms with E-state index in [2.05, 4.69) is 128 Å². The molecule has 3 heterocycles. The Kier molecular flexibility index (Phi) is 20.0. The summed E-state index contributed by atoms with van der Waals surface area (Å²) in [4.78, 5) is 45.3. The summed E-state index contributed by atoms with van der Waals surface area (Å²) in [5.74, 6) is -1.78. The van der Waals surface area contributed by atoms with Crippen LogP contribution in [0.3, 0.4) is 0 Å². The molecule has 306 valence electrons. The molecule has 3 atom stereocenters. The minimum absolute atomic E-state index is 0.0409. The van der Waals surface area contributed by atoms with Crippen LogP contribution in [0.5, 0.6) is 0 Å². The Morgan fingerprint density at radius 3 is 1.11 bits per heavy atom. The molecule has 0 fully saturated rings. The molecule has 15 heteroatoms. The molecule has 0 amide bonds. The van der Waals surface area contributed by atoms with Crippen molar-refractivity contribution in [2.45, 2.75) is 137 Å². The predicted octanol–water partition coefficient (Wildman–Crippen LogP) is 2.70. The number of nitriles is 3. The third-order valence-corrected chi connectivity index (χ3v) is 9.63. The molecule has 0 spiro atoms. The molecule has 3 aliphatic heterocycles. The van der Waals surface area contributed by atoms with Gasteiger partial charge in [-0.05, 0) is 51.7 Å². The van der Waals surface area contributed by atoms with Gasteiger partial charge in [0.15, 0.2) is 0 Å². The van der Waals surface area contributed by atoms with Crippen molar-refractivity contribution in [3.05, 3.63) is 34.9 Å². The lowest BCUT2D eigenvalue weighted by Crippen LogP contribution is -2.31. The number of hydrogen-bond donors (Lipinski definition) is 0. The second-order valence-electron chi connectivity index (χ2n) is 14.1. The molecule has 0 aliphatic carbocycles. The van der Waals surface area contributed by atoms with E-state index in [0.29, 0.717) is 25.3 Å². The van der Waals surface area contributed by atoms with E-state index in [1.807, 2.05) is 0 Å². The summed E-state index contributed by atoms with van der Waals surface area (Å²) in [6.07, 6.45) is 14.0. The van der Waals surface area contributed by atoms with Gasteiger partial charge in [0, 0.05) is 11.1 Å². The Bertz CT molecular complexity index is 1790. The largest absolute Gasteiger partial charge is 0.545 e. The van der Waals surface area contributed by atoms with Gasteiger partial charge in [0.25, 0.3) is 17.5 Å². The lowest BCUT2D eigenvalue weighted by molar-refractivity contribution is -0.401. The monoisotopic (exact) mass is 783 g/mol. The third kappa shape index (κ3) is 14.9. The van der Waals surface area contributed by atoms with Crippen molar-refractivity contribution in [1.29, 1.82) is 15.8 Å². The first-order valence-electron chi connectivity index (χ1n) is 19.4. The first kappa shape index (κ1) is 49.1. The van der Waals surface area contributed by atoms with Gasteiger partial charge in [-0.1, -0.05) is 68.7 Å². The summed E-state index contributed by atoms with van der Waals surface area (Å²) in [5.41, 5.74) is -1.96. The highest BCUT2D eigenvalue weighted by molar-refractivity contribution is 6.02. The maximum atomic E-state index is 10.5. The van der Waals surface area contributed by atoms with Crippen LogP contribution in [0.15, 0.2) is 33.2 Å². The molecule has 15 nitrogen and oxygen atoms in total. The summed E-state index contributed by atoms with van der Waals surface area (Å²) >= 11 is 0. The second-order valence-corrected chi connectivity index (χ2v) is 14.1. The first-order chi connectivity index (χ1) is 26.9. The number of amidine groups is 3. The molecule has 4 rings (SSSR count). The molecule has 1 aromatic carbocycles. The molecular formula is C42H57N9O6. The average Bonchev–Trinajstić information content (AvgIpc) is 3.85. The third-order valence-electron chi connectivity index (χ3n) is 9.63. The van der Waals surface area contributed by atoms with Crippen LogP contribution in [0.2, 0.25) is 0 Å².